The average molecular weight is 261 g/mol. The lowest BCUT2D eigenvalue weighted by molar-refractivity contribution is 0.0694. The molecule has 0 aliphatic carbocycles. The monoisotopic (exact) mass is 261 g/mol. The number of aromatic carboxylic acids is 1. The van der Waals surface area contributed by atoms with Crippen molar-refractivity contribution in [1.29, 1.82) is 0 Å². The van der Waals surface area contributed by atoms with Gasteiger partial charge in [0, 0.05) is 6.20 Å². The smallest absolute Gasteiger partial charge is 0.341 e. The van der Waals surface area contributed by atoms with Crippen molar-refractivity contribution in [2.75, 3.05) is 0 Å². The number of carboxylic acids is 1. The van der Waals surface area contributed by atoms with Crippen LogP contribution in [0.1, 0.15) is 21.5 Å². The summed E-state index contributed by atoms with van der Waals surface area (Å²) < 4.78 is 14.4. The first kappa shape index (κ1) is 13.0. The summed E-state index contributed by atoms with van der Waals surface area (Å²) in [6, 6.07) is 7.04. The second-order valence-electron chi connectivity index (χ2n) is 4.23. The number of aryl methyl sites for hydroxylation is 1. The Morgan fingerprint density at radius 2 is 2.11 bits per heavy atom. The van der Waals surface area contributed by atoms with Crippen molar-refractivity contribution in [3.05, 3.63) is 69.4 Å². The summed E-state index contributed by atoms with van der Waals surface area (Å²) in [7, 11) is 0. The molecule has 0 saturated heterocycles. The van der Waals surface area contributed by atoms with Crippen LogP contribution in [0.2, 0.25) is 0 Å². The van der Waals surface area contributed by atoms with Crippen molar-refractivity contribution in [2.45, 2.75) is 13.5 Å². The van der Waals surface area contributed by atoms with Crippen molar-refractivity contribution >= 4 is 5.97 Å². The van der Waals surface area contributed by atoms with Crippen LogP contribution < -0.4 is 5.56 Å². The van der Waals surface area contributed by atoms with Crippen molar-refractivity contribution in [3.63, 3.8) is 0 Å². The number of rotatable bonds is 3. The van der Waals surface area contributed by atoms with Crippen LogP contribution in [0.3, 0.4) is 0 Å². The fourth-order valence-electron chi connectivity index (χ4n) is 1.82. The van der Waals surface area contributed by atoms with Crippen molar-refractivity contribution in [2.24, 2.45) is 0 Å². The van der Waals surface area contributed by atoms with Gasteiger partial charge in [0.15, 0.2) is 0 Å². The predicted octanol–water partition coefficient (Wildman–Crippen LogP) is 2.04. The minimum Gasteiger partial charge on any atom is -0.477 e. The summed E-state index contributed by atoms with van der Waals surface area (Å²) in [6.45, 7) is 1.95. The maximum Gasteiger partial charge on any atom is 0.341 e. The fraction of sp³-hybridized carbons (Fsp3) is 0.143. The maximum absolute atomic E-state index is 13.2. The highest BCUT2D eigenvalue weighted by atomic mass is 19.1. The Labute approximate surface area is 108 Å². The number of carboxylic acid groups (broad SMARTS) is 1. The Morgan fingerprint density at radius 3 is 2.79 bits per heavy atom. The quantitative estimate of drug-likeness (QED) is 0.919. The number of aromatic nitrogens is 1. The molecule has 0 spiro atoms. The molecule has 1 heterocycles. The molecule has 0 aliphatic rings. The van der Waals surface area contributed by atoms with Gasteiger partial charge >= 0.3 is 5.97 Å². The molecular weight excluding hydrogens is 249 g/mol. The molecule has 19 heavy (non-hydrogen) atoms. The Kier molecular flexibility index (Phi) is 3.46. The van der Waals surface area contributed by atoms with E-state index in [0.29, 0.717) is 5.56 Å². The van der Waals surface area contributed by atoms with Gasteiger partial charge in [-0.05, 0) is 42.3 Å². The molecule has 1 aromatic heterocycles. The predicted molar refractivity (Wildman–Crippen MR) is 67.9 cm³/mol. The van der Waals surface area contributed by atoms with Crippen LogP contribution in [0, 0.1) is 12.7 Å². The summed E-state index contributed by atoms with van der Waals surface area (Å²) in [5, 5.41) is 8.88. The molecule has 0 radical (unpaired) electrons. The molecule has 0 atom stereocenters. The van der Waals surface area contributed by atoms with Gasteiger partial charge < -0.3 is 9.67 Å². The van der Waals surface area contributed by atoms with E-state index in [1.165, 1.54) is 35.0 Å². The van der Waals surface area contributed by atoms with E-state index < -0.39 is 11.5 Å². The number of pyridine rings is 1. The van der Waals surface area contributed by atoms with Crippen LogP contribution in [-0.2, 0) is 6.54 Å². The fourth-order valence-corrected chi connectivity index (χ4v) is 1.82. The lowest BCUT2D eigenvalue weighted by atomic mass is 10.1. The molecule has 0 aliphatic heterocycles. The largest absolute Gasteiger partial charge is 0.477 e. The molecule has 1 aromatic carbocycles. The normalized spacial score (nSPS) is 10.4. The van der Waals surface area contributed by atoms with Gasteiger partial charge in [0.25, 0.3) is 5.56 Å². The average Bonchev–Trinajstić information content (AvgIpc) is 2.36. The Morgan fingerprint density at radius 1 is 1.37 bits per heavy atom. The molecule has 4 nitrogen and oxygen atoms in total. The third-order valence-corrected chi connectivity index (χ3v) is 2.90. The van der Waals surface area contributed by atoms with Gasteiger partial charge in [0.05, 0.1) is 6.54 Å². The Balaban J connectivity index is 2.44. The molecule has 0 amide bonds. The van der Waals surface area contributed by atoms with E-state index >= 15 is 0 Å². The van der Waals surface area contributed by atoms with Crippen LogP contribution in [0.25, 0.3) is 0 Å². The lowest BCUT2D eigenvalue weighted by Gasteiger charge is -2.09. The molecule has 2 aromatic rings. The SMILES string of the molecule is Cc1ccc(F)cc1Cn1cccc(C(=O)O)c1=O. The highest BCUT2D eigenvalue weighted by Gasteiger charge is 2.11. The summed E-state index contributed by atoms with van der Waals surface area (Å²) >= 11 is 0. The van der Waals surface area contributed by atoms with Gasteiger partial charge in [-0.3, -0.25) is 4.79 Å². The van der Waals surface area contributed by atoms with E-state index in [9.17, 15) is 14.0 Å². The van der Waals surface area contributed by atoms with E-state index in [4.69, 9.17) is 5.11 Å². The molecule has 0 saturated carbocycles. The minimum absolute atomic E-state index is 0.142. The standard InChI is InChI=1S/C14H12FNO3/c1-9-4-5-11(15)7-10(9)8-16-6-2-3-12(13(16)17)14(18)19/h2-7H,8H2,1H3,(H,18,19). The zero-order valence-corrected chi connectivity index (χ0v) is 10.3. The highest BCUT2D eigenvalue weighted by Crippen LogP contribution is 2.11. The van der Waals surface area contributed by atoms with Gasteiger partial charge in [0.2, 0.25) is 0 Å². The second kappa shape index (κ2) is 5.06. The first-order valence-electron chi connectivity index (χ1n) is 5.67. The summed E-state index contributed by atoms with van der Waals surface area (Å²) in [4.78, 5) is 22.8. The molecule has 98 valence electrons. The van der Waals surface area contributed by atoms with Crippen LogP contribution >= 0.6 is 0 Å². The summed E-state index contributed by atoms with van der Waals surface area (Å²) in [5.74, 6) is -1.65. The van der Waals surface area contributed by atoms with Gasteiger partial charge in [-0.25, -0.2) is 9.18 Å². The van der Waals surface area contributed by atoms with Crippen molar-refractivity contribution in [3.8, 4) is 0 Å². The second-order valence-corrected chi connectivity index (χ2v) is 4.23. The number of carbonyl (C=O) groups is 1. The van der Waals surface area contributed by atoms with Gasteiger partial charge in [0.1, 0.15) is 11.4 Å². The van der Waals surface area contributed by atoms with E-state index in [1.54, 1.807) is 13.0 Å². The van der Waals surface area contributed by atoms with Crippen LogP contribution in [0.4, 0.5) is 4.39 Å². The minimum atomic E-state index is -1.27. The van der Waals surface area contributed by atoms with Gasteiger partial charge in [-0.2, -0.15) is 0 Å². The van der Waals surface area contributed by atoms with Crippen LogP contribution in [-0.4, -0.2) is 15.6 Å². The molecular formula is C14H12FNO3. The van der Waals surface area contributed by atoms with Gasteiger partial charge in [-0.1, -0.05) is 6.07 Å². The summed E-state index contributed by atoms with van der Waals surface area (Å²) in [5.41, 5.74) is 0.592. The number of benzene rings is 1. The van der Waals surface area contributed by atoms with E-state index in [2.05, 4.69) is 0 Å². The molecule has 2 rings (SSSR count). The molecule has 0 unspecified atom stereocenters. The highest BCUT2D eigenvalue weighted by molar-refractivity contribution is 5.86. The Hall–Kier alpha value is -2.43. The zero-order chi connectivity index (χ0) is 14.0. The van der Waals surface area contributed by atoms with Crippen molar-refractivity contribution < 1.29 is 14.3 Å². The number of hydrogen-bond acceptors (Lipinski definition) is 2. The number of nitrogens with zero attached hydrogens (tertiary/aromatic N) is 1. The third kappa shape index (κ3) is 2.70. The van der Waals surface area contributed by atoms with E-state index in [1.807, 2.05) is 0 Å². The topological polar surface area (TPSA) is 59.3 Å². The first-order chi connectivity index (χ1) is 8.99. The molecule has 0 fully saturated rings. The number of hydrogen-bond donors (Lipinski definition) is 1. The molecule has 1 N–H and O–H groups in total. The van der Waals surface area contributed by atoms with Gasteiger partial charge in [-0.15, -0.1) is 0 Å². The van der Waals surface area contributed by atoms with Crippen LogP contribution in [0.15, 0.2) is 41.3 Å². The Bertz CT molecular complexity index is 691. The molecule has 5 heteroatoms. The summed E-state index contributed by atoms with van der Waals surface area (Å²) in [6.07, 6.45) is 1.49. The van der Waals surface area contributed by atoms with E-state index in [0.717, 1.165) is 5.56 Å². The van der Waals surface area contributed by atoms with Crippen molar-refractivity contribution in [1.82, 2.24) is 4.57 Å². The van der Waals surface area contributed by atoms with Crippen LogP contribution in [0.5, 0.6) is 0 Å². The maximum atomic E-state index is 13.2. The third-order valence-electron chi connectivity index (χ3n) is 2.90. The lowest BCUT2D eigenvalue weighted by Crippen LogP contribution is -2.26. The zero-order valence-electron chi connectivity index (χ0n) is 10.3. The van der Waals surface area contributed by atoms with E-state index in [-0.39, 0.29) is 17.9 Å². The molecule has 0 bridgehead atoms. The number of halogens is 1. The first-order valence-corrected chi connectivity index (χ1v) is 5.67.